The topological polar surface area (TPSA) is 16.4 Å². The lowest BCUT2D eigenvalue weighted by molar-refractivity contribution is 0.660. The van der Waals surface area contributed by atoms with Crippen molar-refractivity contribution in [2.75, 3.05) is 4.90 Å². The molecule has 0 saturated carbocycles. The van der Waals surface area contributed by atoms with Crippen LogP contribution in [0.4, 0.5) is 17.1 Å². The summed E-state index contributed by atoms with van der Waals surface area (Å²) in [5.74, 6) is 0. The van der Waals surface area contributed by atoms with Gasteiger partial charge in [0.25, 0.3) is 0 Å². The van der Waals surface area contributed by atoms with Crippen LogP contribution in [-0.4, -0.2) is 0 Å². The van der Waals surface area contributed by atoms with E-state index < -0.39 is 5.41 Å². The summed E-state index contributed by atoms with van der Waals surface area (Å²) in [5, 5.41) is 2.19. The summed E-state index contributed by atoms with van der Waals surface area (Å²) in [6, 6.07) is 83.3. The predicted octanol–water partition coefficient (Wildman–Crippen LogP) is 17.5. The molecule has 0 unspecified atom stereocenters. The van der Waals surface area contributed by atoms with Crippen molar-refractivity contribution >= 4 is 50.8 Å². The Kier molecular flexibility index (Phi) is 8.21. The largest absolute Gasteiger partial charge is 0.455 e. The molecule has 1 aliphatic heterocycles. The summed E-state index contributed by atoms with van der Waals surface area (Å²) in [5.41, 5.74) is 22.2. The highest BCUT2D eigenvalue weighted by Gasteiger charge is 2.50. The third-order valence-corrected chi connectivity index (χ3v) is 16.1. The fourth-order valence-electron chi connectivity index (χ4n) is 11.9. The summed E-state index contributed by atoms with van der Waals surface area (Å²) in [6.07, 6.45) is 0. The maximum Gasteiger partial charge on any atom is 0.143 e. The zero-order valence-electron chi connectivity index (χ0n) is 37.1. The van der Waals surface area contributed by atoms with Gasteiger partial charge in [0.2, 0.25) is 0 Å². The second-order valence-electron chi connectivity index (χ2n) is 18.8. The highest BCUT2D eigenvalue weighted by molar-refractivity contribution is 7.99. The van der Waals surface area contributed by atoms with Gasteiger partial charge in [-0.3, -0.25) is 0 Å². The summed E-state index contributed by atoms with van der Waals surface area (Å²) >= 11 is 1.88. The normalized spacial score (nSPS) is 14.3. The van der Waals surface area contributed by atoms with Crippen LogP contribution in [0.5, 0.6) is 0 Å². The molecule has 0 N–H and O–H groups in total. The molecule has 10 aromatic carbocycles. The average Bonchev–Trinajstić information content (AvgIpc) is 3.98. The van der Waals surface area contributed by atoms with Crippen molar-refractivity contribution in [2.45, 2.75) is 34.5 Å². The Bertz CT molecular complexity index is 3780. The summed E-state index contributed by atoms with van der Waals surface area (Å²) in [7, 11) is 0. The molecule has 1 spiro atoms. The smallest absolute Gasteiger partial charge is 0.143 e. The SMILES string of the molecule is CC1(C)c2ccccc2-c2cc(-c3cc(N(c4ccc(-c5ccccc5)cc4)c4ccc5c(c4)C4(c6ccccc6S5)c5ccccc5-c5ccccc54)cc4c3oc3ccccc34)ccc21. The van der Waals surface area contributed by atoms with Gasteiger partial charge in [-0.05, 0) is 133 Å². The van der Waals surface area contributed by atoms with Gasteiger partial charge in [0.15, 0.2) is 0 Å². The van der Waals surface area contributed by atoms with Crippen LogP contribution in [0.2, 0.25) is 0 Å². The van der Waals surface area contributed by atoms with E-state index >= 15 is 0 Å². The van der Waals surface area contributed by atoms with Crippen LogP contribution in [-0.2, 0) is 10.8 Å². The lowest BCUT2D eigenvalue weighted by atomic mass is 9.67. The van der Waals surface area contributed by atoms with Crippen LogP contribution >= 0.6 is 11.8 Å². The first kappa shape index (κ1) is 38.4. The quantitative estimate of drug-likeness (QED) is 0.171. The molecule has 2 nitrogen and oxygen atoms in total. The Labute approximate surface area is 394 Å². The van der Waals surface area contributed by atoms with Gasteiger partial charge in [-0.2, -0.15) is 0 Å². The minimum Gasteiger partial charge on any atom is -0.455 e. The molecular formula is C64H43NOS. The third kappa shape index (κ3) is 5.47. The van der Waals surface area contributed by atoms with E-state index in [4.69, 9.17) is 4.42 Å². The van der Waals surface area contributed by atoms with E-state index in [1.807, 2.05) is 11.8 Å². The number of furan rings is 1. The zero-order valence-corrected chi connectivity index (χ0v) is 37.9. The van der Waals surface area contributed by atoms with E-state index in [0.717, 1.165) is 50.1 Å². The molecule has 0 saturated heterocycles. The second-order valence-corrected chi connectivity index (χ2v) is 19.9. The van der Waals surface area contributed by atoms with Gasteiger partial charge >= 0.3 is 0 Å². The first-order valence-corrected chi connectivity index (χ1v) is 24.1. The van der Waals surface area contributed by atoms with Crippen LogP contribution in [0, 0.1) is 0 Å². The molecule has 14 rings (SSSR count). The summed E-state index contributed by atoms with van der Waals surface area (Å²) < 4.78 is 6.89. The number of hydrogen-bond donors (Lipinski definition) is 0. The molecule has 3 aliphatic rings. The van der Waals surface area contributed by atoms with Crippen molar-refractivity contribution in [3.8, 4) is 44.5 Å². The van der Waals surface area contributed by atoms with Gasteiger partial charge in [0, 0.05) is 48.6 Å². The Morgan fingerprint density at radius 3 is 1.69 bits per heavy atom. The summed E-state index contributed by atoms with van der Waals surface area (Å²) in [4.78, 5) is 5.04. The van der Waals surface area contributed by atoms with Crippen molar-refractivity contribution in [1.82, 2.24) is 0 Å². The number of para-hydroxylation sites is 1. The minimum atomic E-state index is -0.506. The van der Waals surface area contributed by atoms with Crippen molar-refractivity contribution in [3.63, 3.8) is 0 Å². The molecule has 0 amide bonds. The molecule has 2 aliphatic carbocycles. The van der Waals surface area contributed by atoms with E-state index in [1.165, 1.54) is 76.6 Å². The first-order valence-electron chi connectivity index (χ1n) is 23.2. The second kappa shape index (κ2) is 14.3. The maximum atomic E-state index is 6.89. The van der Waals surface area contributed by atoms with E-state index in [2.05, 4.69) is 243 Å². The van der Waals surface area contributed by atoms with Crippen molar-refractivity contribution in [1.29, 1.82) is 0 Å². The molecule has 1 aromatic heterocycles. The predicted molar refractivity (Wildman–Crippen MR) is 278 cm³/mol. The summed E-state index contributed by atoms with van der Waals surface area (Å²) in [6.45, 7) is 4.69. The van der Waals surface area contributed by atoms with Gasteiger partial charge in [0.1, 0.15) is 11.2 Å². The zero-order chi connectivity index (χ0) is 44.4. The Hall–Kier alpha value is -7.85. The Morgan fingerprint density at radius 2 is 0.925 bits per heavy atom. The first-order chi connectivity index (χ1) is 33.0. The lowest BCUT2D eigenvalue weighted by Gasteiger charge is -2.40. The minimum absolute atomic E-state index is 0.0906. The highest BCUT2D eigenvalue weighted by atomic mass is 32.2. The van der Waals surface area contributed by atoms with Crippen LogP contribution in [0.15, 0.2) is 239 Å². The average molecular weight is 874 g/mol. The van der Waals surface area contributed by atoms with Crippen molar-refractivity contribution in [2.24, 2.45) is 0 Å². The molecule has 0 atom stereocenters. The van der Waals surface area contributed by atoms with E-state index in [-0.39, 0.29) is 5.41 Å². The van der Waals surface area contributed by atoms with Crippen molar-refractivity contribution < 1.29 is 4.42 Å². The van der Waals surface area contributed by atoms with Crippen LogP contribution in [0.1, 0.15) is 47.2 Å². The number of nitrogens with zero attached hydrogens (tertiary/aromatic N) is 1. The van der Waals surface area contributed by atoms with Gasteiger partial charge in [-0.25, -0.2) is 0 Å². The molecule has 0 fully saturated rings. The van der Waals surface area contributed by atoms with Crippen LogP contribution in [0.25, 0.3) is 66.4 Å². The fraction of sp³-hybridized carbons (Fsp3) is 0.0625. The van der Waals surface area contributed by atoms with Gasteiger partial charge in [-0.1, -0.05) is 189 Å². The number of hydrogen-bond acceptors (Lipinski definition) is 3. The molecular weight excluding hydrogens is 831 g/mol. The number of rotatable bonds is 5. The molecule has 0 bridgehead atoms. The molecule has 67 heavy (non-hydrogen) atoms. The number of fused-ring (bicyclic) bond motifs is 15. The molecule has 316 valence electrons. The maximum absolute atomic E-state index is 6.89. The molecule has 3 heteroatoms. The van der Waals surface area contributed by atoms with Gasteiger partial charge in [0.05, 0.1) is 5.41 Å². The monoisotopic (exact) mass is 873 g/mol. The number of anilines is 3. The number of benzene rings is 10. The Balaban J connectivity index is 1.04. The molecule has 2 heterocycles. The Morgan fingerprint density at radius 1 is 0.358 bits per heavy atom. The van der Waals surface area contributed by atoms with Crippen LogP contribution < -0.4 is 4.90 Å². The molecule has 11 aromatic rings. The fourth-order valence-corrected chi connectivity index (χ4v) is 13.1. The van der Waals surface area contributed by atoms with E-state index in [1.54, 1.807) is 0 Å². The third-order valence-electron chi connectivity index (χ3n) is 14.9. The lowest BCUT2D eigenvalue weighted by Crippen LogP contribution is -2.32. The van der Waals surface area contributed by atoms with E-state index in [9.17, 15) is 0 Å². The van der Waals surface area contributed by atoms with Crippen molar-refractivity contribution in [3.05, 3.63) is 258 Å². The van der Waals surface area contributed by atoms with Crippen LogP contribution in [0.3, 0.4) is 0 Å². The van der Waals surface area contributed by atoms with Gasteiger partial charge < -0.3 is 9.32 Å². The van der Waals surface area contributed by atoms with Gasteiger partial charge in [-0.15, -0.1) is 0 Å². The van der Waals surface area contributed by atoms with E-state index in [0.29, 0.717) is 0 Å². The molecule has 0 radical (unpaired) electrons. The standard InChI is InChI=1S/C64H43NOS/c1-63(2)53-22-10-6-20-48(53)51-36-42(30-34-54(51)63)50-37-45(38-52-49-21-9-14-26-59(49)66-62(50)52)65(43-31-28-41(29-32-43)40-16-4-3-5-17-40)44-33-35-61-58(39-44)64(57-25-13-15-27-60(57)67-61)55-23-11-7-18-46(55)47-19-8-12-24-56(47)64/h3-39H,1-2H3. The highest BCUT2D eigenvalue weighted by Crippen LogP contribution is 2.63.